The van der Waals surface area contributed by atoms with Crippen molar-refractivity contribution in [2.75, 3.05) is 0 Å². The van der Waals surface area contributed by atoms with Crippen molar-refractivity contribution in [1.29, 1.82) is 0 Å². The number of thiophene rings is 1. The van der Waals surface area contributed by atoms with Crippen LogP contribution in [0.1, 0.15) is 0 Å². The van der Waals surface area contributed by atoms with Gasteiger partial charge in [0.1, 0.15) is 5.52 Å². The number of nitrogens with zero attached hydrogens (tertiary/aromatic N) is 4. The first-order chi connectivity index (χ1) is 24.8. The lowest BCUT2D eigenvalue weighted by molar-refractivity contribution is 0.620. The number of aromatic nitrogens is 4. The van der Waals surface area contributed by atoms with Gasteiger partial charge < -0.3 is 4.42 Å². The molecule has 5 nitrogen and oxygen atoms in total. The first-order valence-corrected chi connectivity index (χ1v) is 17.3. The molecule has 7 aromatic carbocycles. The zero-order chi connectivity index (χ0) is 33.0. The number of benzene rings is 7. The molecule has 0 saturated carbocycles. The third-order valence-electron chi connectivity index (χ3n) is 9.18. The molecule has 0 aliphatic heterocycles. The van der Waals surface area contributed by atoms with Gasteiger partial charge in [-0.3, -0.25) is 0 Å². The number of fused-ring (bicyclic) bond motifs is 5. The lowest BCUT2D eigenvalue weighted by Crippen LogP contribution is -2.00. The van der Waals surface area contributed by atoms with E-state index in [2.05, 4.69) is 66.7 Å². The summed E-state index contributed by atoms with van der Waals surface area (Å²) in [5, 5.41) is 4.61. The smallest absolute Gasteiger partial charge is 0.227 e. The van der Waals surface area contributed by atoms with E-state index in [0.29, 0.717) is 23.4 Å². The van der Waals surface area contributed by atoms with E-state index in [9.17, 15) is 0 Å². The summed E-state index contributed by atoms with van der Waals surface area (Å²) in [6.07, 6.45) is 0. The van der Waals surface area contributed by atoms with Crippen molar-refractivity contribution in [3.63, 3.8) is 0 Å². The fourth-order valence-electron chi connectivity index (χ4n) is 6.79. The van der Waals surface area contributed by atoms with E-state index >= 15 is 0 Å². The average Bonchev–Trinajstić information content (AvgIpc) is 3.78. The molecule has 0 bridgehead atoms. The van der Waals surface area contributed by atoms with Crippen molar-refractivity contribution < 1.29 is 4.42 Å². The summed E-state index contributed by atoms with van der Waals surface area (Å²) >= 11 is 1.79. The molecule has 0 saturated heterocycles. The van der Waals surface area contributed by atoms with Gasteiger partial charge >= 0.3 is 0 Å². The fraction of sp³-hybridized carbons (Fsp3) is 0. The molecule has 3 heterocycles. The van der Waals surface area contributed by atoms with Crippen LogP contribution in [0.25, 0.3) is 98.8 Å². The predicted molar refractivity (Wildman–Crippen MR) is 205 cm³/mol. The third kappa shape index (κ3) is 4.77. The van der Waals surface area contributed by atoms with Gasteiger partial charge in [0.15, 0.2) is 23.1 Å². The largest absolute Gasteiger partial charge is 0.436 e. The maximum absolute atomic E-state index is 6.24. The van der Waals surface area contributed by atoms with E-state index in [-0.39, 0.29) is 0 Å². The molecule has 0 aliphatic carbocycles. The monoisotopic (exact) mass is 658 g/mol. The van der Waals surface area contributed by atoms with Gasteiger partial charge in [-0.1, -0.05) is 127 Å². The second kappa shape index (κ2) is 11.6. The van der Waals surface area contributed by atoms with Crippen molar-refractivity contribution >= 4 is 53.4 Å². The molecule has 0 unspecified atom stereocenters. The number of oxazole rings is 1. The molecule has 0 atom stereocenters. The van der Waals surface area contributed by atoms with Gasteiger partial charge in [0.05, 0.1) is 0 Å². The molecule has 50 heavy (non-hydrogen) atoms. The normalized spacial score (nSPS) is 11.6. The Morgan fingerprint density at radius 2 is 0.960 bits per heavy atom. The van der Waals surface area contributed by atoms with E-state index in [4.69, 9.17) is 24.4 Å². The molecule has 10 aromatic rings. The van der Waals surface area contributed by atoms with Gasteiger partial charge in [0.2, 0.25) is 5.89 Å². The topological polar surface area (TPSA) is 64.7 Å². The molecule has 3 aromatic heterocycles. The zero-order valence-electron chi connectivity index (χ0n) is 26.6. The summed E-state index contributed by atoms with van der Waals surface area (Å²) in [6.45, 7) is 0. The van der Waals surface area contributed by atoms with Crippen molar-refractivity contribution in [3.8, 4) is 56.7 Å². The first kappa shape index (κ1) is 28.5. The lowest BCUT2D eigenvalue weighted by atomic mass is 9.94. The summed E-state index contributed by atoms with van der Waals surface area (Å²) in [5.41, 5.74) is 7.83. The predicted octanol–water partition coefficient (Wildman–Crippen LogP) is 11.9. The van der Waals surface area contributed by atoms with Crippen molar-refractivity contribution in [3.05, 3.63) is 158 Å². The molecule has 0 fully saturated rings. The minimum atomic E-state index is 0.639. The second-order valence-corrected chi connectivity index (χ2v) is 13.3. The minimum absolute atomic E-state index is 0.639. The molecule has 0 radical (unpaired) electrons. The van der Waals surface area contributed by atoms with Crippen molar-refractivity contribution in [2.45, 2.75) is 0 Å². The Hall–Kier alpha value is -6.50. The van der Waals surface area contributed by atoms with Crippen LogP contribution in [-0.2, 0) is 0 Å². The van der Waals surface area contributed by atoms with Gasteiger partial charge in [0.25, 0.3) is 0 Å². The summed E-state index contributed by atoms with van der Waals surface area (Å²) in [5.74, 6) is 2.58. The molecule has 0 N–H and O–H groups in total. The quantitative estimate of drug-likeness (QED) is 0.184. The average molecular weight is 659 g/mol. The van der Waals surface area contributed by atoms with E-state index in [0.717, 1.165) is 49.7 Å². The lowest BCUT2D eigenvalue weighted by Gasteiger charge is -2.13. The van der Waals surface area contributed by atoms with Crippen LogP contribution in [0.15, 0.2) is 162 Å². The van der Waals surface area contributed by atoms with Crippen LogP contribution in [0, 0.1) is 0 Å². The van der Waals surface area contributed by atoms with Crippen molar-refractivity contribution in [1.82, 2.24) is 19.9 Å². The Kier molecular flexibility index (Phi) is 6.60. The minimum Gasteiger partial charge on any atom is -0.436 e. The van der Waals surface area contributed by atoms with Crippen LogP contribution in [0.4, 0.5) is 0 Å². The summed E-state index contributed by atoms with van der Waals surface area (Å²) in [6, 6.07) is 54.0. The molecule has 10 rings (SSSR count). The maximum Gasteiger partial charge on any atom is 0.227 e. The number of hydrogen-bond acceptors (Lipinski definition) is 6. The fourth-order valence-corrected chi connectivity index (χ4v) is 8.03. The van der Waals surface area contributed by atoms with E-state index in [1.807, 2.05) is 91.0 Å². The summed E-state index contributed by atoms with van der Waals surface area (Å²) in [7, 11) is 0. The highest BCUT2D eigenvalue weighted by atomic mass is 32.1. The van der Waals surface area contributed by atoms with E-state index in [1.54, 1.807) is 11.3 Å². The highest BCUT2D eigenvalue weighted by molar-refractivity contribution is 7.26. The van der Waals surface area contributed by atoms with E-state index < -0.39 is 0 Å². The van der Waals surface area contributed by atoms with Crippen LogP contribution in [-0.4, -0.2) is 19.9 Å². The van der Waals surface area contributed by atoms with E-state index in [1.165, 1.54) is 25.7 Å². The van der Waals surface area contributed by atoms with Gasteiger partial charge in [-0.15, -0.1) is 11.3 Å². The number of hydrogen-bond donors (Lipinski definition) is 0. The van der Waals surface area contributed by atoms with Crippen LogP contribution in [0.5, 0.6) is 0 Å². The molecule has 0 aliphatic rings. The summed E-state index contributed by atoms with van der Waals surface area (Å²) in [4.78, 5) is 19.8. The molecular formula is C44H26N4OS. The van der Waals surface area contributed by atoms with Crippen LogP contribution in [0.2, 0.25) is 0 Å². The Bertz CT molecular complexity index is 2810. The SMILES string of the molecule is c1ccc(-c2nc(-c3ccccc3)nc(-c3ccc(-c4cccc5c4sc4cc6oc(-c7ccccc7)nc6cc45)c4ccccc34)n2)cc1. The zero-order valence-corrected chi connectivity index (χ0v) is 27.4. The highest BCUT2D eigenvalue weighted by Gasteiger charge is 2.19. The first-order valence-electron chi connectivity index (χ1n) is 16.5. The summed E-state index contributed by atoms with van der Waals surface area (Å²) < 4.78 is 8.64. The van der Waals surface area contributed by atoms with Crippen LogP contribution >= 0.6 is 11.3 Å². The Morgan fingerprint density at radius 1 is 0.400 bits per heavy atom. The Balaban J connectivity index is 1.14. The van der Waals surface area contributed by atoms with Gasteiger partial charge in [-0.2, -0.15) is 0 Å². The molecule has 234 valence electrons. The molecular weight excluding hydrogens is 633 g/mol. The highest BCUT2D eigenvalue weighted by Crippen LogP contribution is 2.44. The Morgan fingerprint density at radius 3 is 1.64 bits per heavy atom. The standard InChI is InChI=1S/C44H26N4OS/c1-4-13-27(14-5-1)41-46-42(28-15-6-2-7-16-28)48-43(47-41)35-24-23-32(30-19-10-11-20-31(30)35)33-21-12-22-34-36-25-37-38(26-39(36)50-40(33)34)49-44(45-37)29-17-8-3-9-18-29/h1-26H. The van der Waals surface area contributed by atoms with Crippen molar-refractivity contribution in [2.24, 2.45) is 0 Å². The van der Waals surface area contributed by atoms with Gasteiger partial charge in [-0.25, -0.2) is 19.9 Å². The molecule has 6 heteroatoms. The molecule has 0 amide bonds. The maximum atomic E-state index is 6.24. The van der Waals surface area contributed by atoms with Gasteiger partial charge in [0, 0.05) is 54.1 Å². The van der Waals surface area contributed by atoms with Gasteiger partial charge in [-0.05, 0) is 40.6 Å². The second-order valence-electron chi connectivity index (χ2n) is 12.2. The Labute approximate surface area is 291 Å². The molecule has 0 spiro atoms. The third-order valence-corrected chi connectivity index (χ3v) is 10.4. The van der Waals surface area contributed by atoms with Crippen LogP contribution < -0.4 is 0 Å². The number of rotatable bonds is 5. The van der Waals surface area contributed by atoms with Crippen LogP contribution in [0.3, 0.4) is 0 Å².